The molecule has 16 heavy (non-hydrogen) atoms. The molecule has 0 amide bonds. The van der Waals surface area contributed by atoms with Gasteiger partial charge in [-0.25, -0.2) is 13.5 Å². The zero-order valence-corrected chi connectivity index (χ0v) is 8.74. The molecule has 1 heterocycles. The van der Waals surface area contributed by atoms with E-state index in [9.17, 15) is 8.78 Å². The lowest BCUT2D eigenvalue weighted by molar-refractivity contribution is 0.585. The Morgan fingerprint density at radius 1 is 1.31 bits per heavy atom. The van der Waals surface area contributed by atoms with E-state index in [4.69, 9.17) is 0 Å². The van der Waals surface area contributed by atoms with E-state index in [1.807, 2.05) is 0 Å². The Bertz CT molecular complexity index is 494. The second-order valence-corrected chi connectivity index (χ2v) is 3.38. The third kappa shape index (κ3) is 2.09. The minimum atomic E-state index is -0.500. The van der Waals surface area contributed by atoms with E-state index in [1.54, 1.807) is 19.3 Å². The highest BCUT2D eigenvalue weighted by Gasteiger charge is 2.07. The summed E-state index contributed by atoms with van der Waals surface area (Å²) in [6, 6.07) is 5.03. The molecular formula is C11H11F2N3. The lowest BCUT2D eigenvalue weighted by Gasteiger charge is -2.02. The lowest BCUT2D eigenvalue weighted by atomic mass is 10.3. The van der Waals surface area contributed by atoms with E-state index in [0.29, 0.717) is 6.54 Å². The summed E-state index contributed by atoms with van der Waals surface area (Å²) >= 11 is 0. The molecular weight excluding hydrogens is 212 g/mol. The molecule has 0 bridgehead atoms. The number of rotatable bonds is 3. The summed E-state index contributed by atoms with van der Waals surface area (Å²) in [5.74, 6) is -0.984. The molecule has 0 saturated carbocycles. The van der Waals surface area contributed by atoms with Crippen molar-refractivity contribution in [2.45, 2.75) is 6.54 Å². The lowest BCUT2D eigenvalue weighted by Crippen LogP contribution is -2.07. The van der Waals surface area contributed by atoms with E-state index in [0.717, 1.165) is 23.9 Å². The minimum Gasteiger partial charge on any atom is -0.314 e. The first-order valence-corrected chi connectivity index (χ1v) is 4.85. The first kappa shape index (κ1) is 10.8. The van der Waals surface area contributed by atoms with Crippen molar-refractivity contribution in [1.29, 1.82) is 0 Å². The Balaban J connectivity index is 2.38. The number of benzene rings is 1. The molecule has 84 valence electrons. The predicted molar refractivity (Wildman–Crippen MR) is 56.2 cm³/mol. The van der Waals surface area contributed by atoms with Crippen molar-refractivity contribution < 1.29 is 8.78 Å². The normalized spacial score (nSPS) is 10.7. The summed E-state index contributed by atoms with van der Waals surface area (Å²) in [5.41, 5.74) is 0.883. The fraction of sp³-hybridized carbons (Fsp3) is 0.182. The van der Waals surface area contributed by atoms with E-state index in [1.165, 1.54) is 4.68 Å². The molecule has 2 rings (SSSR count). The average molecular weight is 223 g/mol. The standard InChI is InChI=1S/C11H11F2N3/c1-14-7-9-4-5-16(15-9)11-6-8(12)2-3-10(11)13/h2-6,14H,7H2,1H3. The van der Waals surface area contributed by atoms with Crippen molar-refractivity contribution in [2.75, 3.05) is 7.05 Å². The molecule has 0 spiro atoms. The van der Waals surface area contributed by atoms with Crippen molar-refractivity contribution in [3.63, 3.8) is 0 Å². The predicted octanol–water partition coefficient (Wildman–Crippen LogP) is 1.87. The summed E-state index contributed by atoms with van der Waals surface area (Å²) in [6.07, 6.45) is 1.60. The largest absolute Gasteiger partial charge is 0.314 e. The zero-order chi connectivity index (χ0) is 11.5. The monoisotopic (exact) mass is 223 g/mol. The van der Waals surface area contributed by atoms with Gasteiger partial charge < -0.3 is 5.32 Å². The molecule has 1 aromatic heterocycles. The van der Waals surface area contributed by atoms with Crippen LogP contribution in [0.15, 0.2) is 30.5 Å². The van der Waals surface area contributed by atoms with Crippen molar-refractivity contribution in [3.05, 3.63) is 47.8 Å². The Morgan fingerprint density at radius 2 is 2.12 bits per heavy atom. The highest BCUT2D eigenvalue weighted by atomic mass is 19.1. The first-order chi connectivity index (χ1) is 7.70. The van der Waals surface area contributed by atoms with Gasteiger partial charge in [0.2, 0.25) is 0 Å². The van der Waals surface area contributed by atoms with Crippen LogP contribution in [0.5, 0.6) is 0 Å². The molecule has 3 nitrogen and oxygen atoms in total. The molecule has 0 unspecified atom stereocenters. The van der Waals surface area contributed by atoms with Gasteiger partial charge >= 0.3 is 0 Å². The van der Waals surface area contributed by atoms with Crippen LogP contribution in [0.4, 0.5) is 8.78 Å². The SMILES string of the molecule is CNCc1ccn(-c2cc(F)ccc2F)n1. The smallest absolute Gasteiger partial charge is 0.149 e. The van der Waals surface area contributed by atoms with Crippen LogP contribution in [0, 0.1) is 11.6 Å². The van der Waals surface area contributed by atoms with Gasteiger partial charge in [-0.15, -0.1) is 0 Å². The van der Waals surface area contributed by atoms with Gasteiger partial charge in [-0.3, -0.25) is 0 Å². The number of nitrogens with one attached hydrogen (secondary N) is 1. The maximum Gasteiger partial charge on any atom is 0.149 e. The fourth-order valence-corrected chi connectivity index (χ4v) is 1.43. The quantitative estimate of drug-likeness (QED) is 0.860. The summed E-state index contributed by atoms with van der Waals surface area (Å²) in [5, 5.41) is 7.05. The van der Waals surface area contributed by atoms with Gasteiger partial charge in [-0.05, 0) is 25.2 Å². The molecule has 0 aliphatic rings. The van der Waals surface area contributed by atoms with Crippen molar-refractivity contribution in [2.24, 2.45) is 0 Å². The third-order valence-electron chi connectivity index (χ3n) is 2.16. The highest BCUT2D eigenvalue weighted by molar-refractivity contribution is 5.33. The fourth-order valence-electron chi connectivity index (χ4n) is 1.43. The number of nitrogens with zero attached hydrogens (tertiary/aromatic N) is 2. The maximum atomic E-state index is 13.4. The molecule has 0 atom stereocenters. The van der Waals surface area contributed by atoms with Crippen LogP contribution in [0.25, 0.3) is 5.69 Å². The number of hydrogen-bond donors (Lipinski definition) is 1. The highest BCUT2D eigenvalue weighted by Crippen LogP contribution is 2.14. The van der Waals surface area contributed by atoms with Gasteiger partial charge in [0, 0.05) is 18.8 Å². The molecule has 0 fully saturated rings. The van der Waals surface area contributed by atoms with Crippen molar-refractivity contribution in [1.82, 2.24) is 15.1 Å². The van der Waals surface area contributed by atoms with E-state index < -0.39 is 11.6 Å². The maximum absolute atomic E-state index is 13.4. The molecule has 0 radical (unpaired) electrons. The zero-order valence-electron chi connectivity index (χ0n) is 8.74. The van der Waals surface area contributed by atoms with Crippen LogP contribution >= 0.6 is 0 Å². The van der Waals surface area contributed by atoms with Crippen LogP contribution in [-0.2, 0) is 6.54 Å². The summed E-state index contributed by atoms with van der Waals surface area (Å²) in [6.45, 7) is 0.587. The average Bonchev–Trinajstić information content (AvgIpc) is 2.71. The molecule has 1 N–H and O–H groups in total. The first-order valence-electron chi connectivity index (χ1n) is 4.85. The summed E-state index contributed by atoms with van der Waals surface area (Å²) < 4.78 is 27.7. The van der Waals surface area contributed by atoms with Gasteiger partial charge in [-0.2, -0.15) is 5.10 Å². The number of hydrogen-bond acceptors (Lipinski definition) is 2. The summed E-state index contributed by atoms with van der Waals surface area (Å²) in [7, 11) is 1.79. The molecule has 1 aromatic carbocycles. The molecule has 0 aliphatic heterocycles. The molecule has 0 saturated heterocycles. The van der Waals surface area contributed by atoms with Crippen LogP contribution in [0.3, 0.4) is 0 Å². The molecule has 5 heteroatoms. The van der Waals surface area contributed by atoms with Gasteiger partial charge in [0.1, 0.15) is 17.3 Å². The number of halogens is 2. The van der Waals surface area contributed by atoms with Crippen molar-refractivity contribution in [3.8, 4) is 5.69 Å². The van der Waals surface area contributed by atoms with Crippen LogP contribution < -0.4 is 5.32 Å². The molecule has 2 aromatic rings. The van der Waals surface area contributed by atoms with Crippen LogP contribution in [0.2, 0.25) is 0 Å². The Kier molecular flexibility index (Phi) is 2.96. The van der Waals surface area contributed by atoms with E-state index >= 15 is 0 Å². The Labute approximate surface area is 91.7 Å². The Morgan fingerprint density at radius 3 is 2.88 bits per heavy atom. The second-order valence-electron chi connectivity index (χ2n) is 3.38. The van der Waals surface area contributed by atoms with E-state index in [-0.39, 0.29) is 5.69 Å². The van der Waals surface area contributed by atoms with Gasteiger partial charge in [0.25, 0.3) is 0 Å². The Hall–Kier alpha value is -1.75. The summed E-state index contributed by atoms with van der Waals surface area (Å²) in [4.78, 5) is 0. The topological polar surface area (TPSA) is 29.9 Å². The van der Waals surface area contributed by atoms with Gasteiger partial charge in [0.05, 0.1) is 5.69 Å². The van der Waals surface area contributed by atoms with Gasteiger partial charge in [0.15, 0.2) is 0 Å². The van der Waals surface area contributed by atoms with Crippen LogP contribution in [-0.4, -0.2) is 16.8 Å². The number of aromatic nitrogens is 2. The second kappa shape index (κ2) is 4.40. The third-order valence-corrected chi connectivity index (χ3v) is 2.16. The van der Waals surface area contributed by atoms with E-state index in [2.05, 4.69) is 10.4 Å². The minimum absolute atomic E-state index is 0.113. The van der Waals surface area contributed by atoms with Crippen LogP contribution in [0.1, 0.15) is 5.69 Å². The van der Waals surface area contributed by atoms with Gasteiger partial charge in [-0.1, -0.05) is 0 Å². The van der Waals surface area contributed by atoms with Crippen molar-refractivity contribution >= 4 is 0 Å². The molecule has 0 aliphatic carbocycles.